The molecule has 4 aromatic rings. The second kappa shape index (κ2) is 10.7. The zero-order chi connectivity index (χ0) is 26.1. The van der Waals surface area contributed by atoms with Gasteiger partial charge in [0.15, 0.2) is 5.76 Å². The first-order valence-electron chi connectivity index (χ1n) is 12.6. The van der Waals surface area contributed by atoms with Crippen LogP contribution in [0.25, 0.3) is 33.6 Å². The van der Waals surface area contributed by atoms with E-state index in [1.165, 1.54) is 0 Å². The van der Waals surface area contributed by atoms with Crippen LogP contribution in [0.5, 0.6) is 5.75 Å². The van der Waals surface area contributed by atoms with Crippen LogP contribution in [0.3, 0.4) is 0 Å². The van der Waals surface area contributed by atoms with Crippen LogP contribution in [0.1, 0.15) is 10.4 Å². The number of H-pyrrole nitrogens is 1. The highest BCUT2D eigenvalue weighted by molar-refractivity contribution is 6.33. The number of hydrogen-bond acceptors (Lipinski definition) is 8. The molecule has 2 aliphatic heterocycles. The Bertz CT molecular complexity index is 1420. The zero-order valence-electron chi connectivity index (χ0n) is 21.0. The lowest BCUT2D eigenvalue weighted by molar-refractivity contribution is -0.0746. The number of carbonyl (C=O) groups is 1. The maximum Gasteiger partial charge on any atom is 0.253 e. The maximum absolute atomic E-state index is 13.0. The van der Waals surface area contributed by atoms with Gasteiger partial charge >= 0.3 is 0 Å². The minimum Gasteiger partial charge on any atom is -0.490 e. The second-order valence-electron chi connectivity index (χ2n) is 9.41. The average molecular weight is 538 g/mol. The van der Waals surface area contributed by atoms with Gasteiger partial charge in [-0.1, -0.05) is 28.9 Å². The second-order valence-corrected chi connectivity index (χ2v) is 9.82. The van der Waals surface area contributed by atoms with Crippen molar-refractivity contribution in [3.05, 3.63) is 53.1 Å². The van der Waals surface area contributed by atoms with Crippen molar-refractivity contribution in [1.82, 2.24) is 25.2 Å². The van der Waals surface area contributed by atoms with Gasteiger partial charge < -0.3 is 23.6 Å². The molecule has 1 amide bonds. The maximum atomic E-state index is 13.0. The molecule has 0 atom stereocenters. The molecular weight excluding hydrogens is 510 g/mol. The first-order valence-corrected chi connectivity index (χ1v) is 13.0. The van der Waals surface area contributed by atoms with E-state index in [2.05, 4.69) is 20.3 Å². The number of nitrogens with zero attached hydrogens (tertiary/aromatic N) is 4. The summed E-state index contributed by atoms with van der Waals surface area (Å²) in [5.41, 5.74) is 3.52. The molecule has 0 aliphatic carbocycles. The summed E-state index contributed by atoms with van der Waals surface area (Å²) in [6.07, 6.45) is 0. The lowest BCUT2D eigenvalue weighted by atomic mass is 10.1. The van der Waals surface area contributed by atoms with Crippen LogP contribution in [-0.4, -0.2) is 96.8 Å². The fraction of sp³-hybridized carbons (Fsp3) is 0.370. The van der Waals surface area contributed by atoms with E-state index in [0.717, 1.165) is 55.9 Å². The third-order valence-corrected chi connectivity index (χ3v) is 7.37. The Morgan fingerprint density at radius 2 is 1.89 bits per heavy atom. The van der Waals surface area contributed by atoms with Crippen LogP contribution >= 0.6 is 11.6 Å². The number of aromatic amines is 1. The molecule has 38 heavy (non-hydrogen) atoms. The summed E-state index contributed by atoms with van der Waals surface area (Å²) >= 11 is 6.43. The van der Waals surface area contributed by atoms with Crippen LogP contribution in [0.2, 0.25) is 5.02 Å². The molecule has 0 saturated carbocycles. The van der Waals surface area contributed by atoms with E-state index in [9.17, 15) is 4.79 Å². The molecule has 6 rings (SSSR count). The van der Waals surface area contributed by atoms with E-state index < -0.39 is 0 Å². The van der Waals surface area contributed by atoms with E-state index >= 15 is 0 Å². The van der Waals surface area contributed by atoms with Gasteiger partial charge in [0.1, 0.15) is 23.7 Å². The van der Waals surface area contributed by atoms with E-state index in [1.54, 1.807) is 19.2 Å². The number of hydrogen-bond donors (Lipinski definition) is 1. The topological polar surface area (TPSA) is 106 Å². The molecule has 2 fully saturated rings. The molecule has 2 saturated heterocycles. The number of halogens is 1. The number of rotatable bonds is 8. The third kappa shape index (κ3) is 4.88. The number of piperazine rings is 1. The van der Waals surface area contributed by atoms with Gasteiger partial charge in [-0.2, -0.15) is 5.10 Å². The Morgan fingerprint density at radius 1 is 1.11 bits per heavy atom. The van der Waals surface area contributed by atoms with Crippen molar-refractivity contribution in [2.24, 2.45) is 0 Å². The Labute approximate surface area is 224 Å². The molecule has 2 aromatic heterocycles. The van der Waals surface area contributed by atoms with E-state index in [4.69, 9.17) is 30.3 Å². The van der Waals surface area contributed by atoms with Gasteiger partial charge in [0.05, 0.1) is 36.4 Å². The summed E-state index contributed by atoms with van der Waals surface area (Å²) in [5.74, 6) is 1.10. The number of amides is 1. The number of fused-ring (bicyclic) bond motifs is 1. The molecule has 0 bridgehead atoms. The highest BCUT2D eigenvalue weighted by Gasteiger charge is 2.30. The minimum atomic E-state index is 0.0485. The number of nitrogens with one attached hydrogen (secondary N) is 1. The Morgan fingerprint density at radius 3 is 2.61 bits per heavy atom. The van der Waals surface area contributed by atoms with Crippen LogP contribution < -0.4 is 4.74 Å². The number of carbonyl (C=O) groups excluding carboxylic acids is 1. The third-order valence-electron chi connectivity index (χ3n) is 7.07. The quantitative estimate of drug-likeness (QED) is 0.339. The summed E-state index contributed by atoms with van der Waals surface area (Å²) in [4.78, 5) is 17.4. The number of methoxy groups -OCH3 is 1. The molecule has 0 radical (unpaired) electrons. The number of ether oxygens (including phenoxy) is 3. The van der Waals surface area contributed by atoms with Gasteiger partial charge in [-0.25, -0.2) is 0 Å². The van der Waals surface area contributed by atoms with E-state index in [0.29, 0.717) is 52.7 Å². The summed E-state index contributed by atoms with van der Waals surface area (Å²) in [6, 6.07) is 13.4. The molecule has 4 heterocycles. The normalized spacial score (nSPS) is 16.6. The van der Waals surface area contributed by atoms with Gasteiger partial charge in [-0.3, -0.25) is 14.8 Å². The van der Waals surface area contributed by atoms with Crippen molar-refractivity contribution < 1.29 is 23.5 Å². The Kier molecular flexibility index (Phi) is 7.03. The van der Waals surface area contributed by atoms with Crippen LogP contribution in [0, 0.1) is 0 Å². The Balaban J connectivity index is 1.14. The minimum absolute atomic E-state index is 0.0485. The van der Waals surface area contributed by atoms with Crippen molar-refractivity contribution >= 4 is 28.4 Å². The highest BCUT2D eigenvalue weighted by Crippen LogP contribution is 2.35. The highest BCUT2D eigenvalue weighted by atomic mass is 35.5. The smallest absolute Gasteiger partial charge is 0.253 e. The zero-order valence-corrected chi connectivity index (χ0v) is 21.7. The summed E-state index contributed by atoms with van der Waals surface area (Å²) in [5, 5.41) is 12.9. The van der Waals surface area contributed by atoms with Gasteiger partial charge in [-0.15, -0.1) is 0 Å². The van der Waals surface area contributed by atoms with Gasteiger partial charge in [0.2, 0.25) is 0 Å². The standard InChI is InChI=1S/C27H28ClN5O5/c1-35-10-11-37-24-14-23-20(12-21(24)28)26(30-29-23)25-13-22(31-38-25)17-2-4-18(5-3-17)27(34)33-8-6-32(7-9-33)19-15-36-16-19/h2-5,12-14,19H,6-11,15-16H2,1H3,(H,29,30). The van der Waals surface area contributed by atoms with Crippen LogP contribution in [0.15, 0.2) is 47.0 Å². The summed E-state index contributed by atoms with van der Waals surface area (Å²) < 4.78 is 21.6. The lowest BCUT2D eigenvalue weighted by Gasteiger charge is -2.42. The van der Waals surface area contributed by atoms with Crippen molar-refractivity contribution in [1.29, 1.82) is 0 Å². The first-order chi connectivity index (χ1) is 18.6. The fourth-order valence-electron chi connectivity index (χ4n) is 4.76. The van der Waals surface area contributed by atoms with Crippen molar-refractivity contribution in [2.75, 3.05) is 59.7 Å². The number of aromatic nitrogens is 3. The number of benzene rings is 2. The van der Waals surface area contributed by atoms with Gasteiger partial charge in [-0.05, 0) is 18.2 Å². The van der Waals surface area contributed by atoms with Crippen LogP contribution in [-0.2, 0) is 9.47 Å². The lowest BCUT2D eigenvalue weighted by Crippen LogP contribution is -2.57. The monoisotopic (exact) mass is 537 g/mol. The molecule has 0 spiro atoms. The largest absolute Gasteiger partial charge is 0.490 e. The summed E-state index contributed by atoms with van der Waals surface area (Å²) in [7, 11) is 1.62. The predicted octanol–water partition coefficient (Wildman–Crippen LogP) is 3.72. The van der Waals surface area contributed by atoms with Crippen LogP contribution in [0.4, 0.5) is 0 Å². The Hall–Kier alpha value is -3.44. The van der Waals surface area contributed by atoms with E-state index in [-0.39, 0.29) is 5.91 Å². The summed E-state index contributed by atoms with van der Waals surface area (Å²) in [6.45, 7) is 5.68. The molecule has 198 valence electrons. The molecular formula is C27H28ClN5O5. The molecule has 2 aromatic carbocycles. The molecule has 2 aliphatic rings. The first kappa shape index (κ1) is 24.9. The SMILES string of the molecule is COCCOc1cc2[nH]nc(-c3cc(-c4ccc(C(=O)N5CCN(C6COC6)CC5)cc4)no3)c2cc1Cl. The fourth-order valence-corrected chi connectivity index (χ4v) is 4.98. The molecule has 1 N–H and O–H groups in total. The predicted molar refractivity (Wildman–Crippen MR) is 141 cm³/mol. The molecule has 0 unspecified atom stereocenters. The van der Waals surface area contributed by atoms with Gasteiger partial charge in [0, 0.05) is 61.9 Å². The van der Waals surface area contributed by atoms with Gasteiger partial charge in [0.25, 0.3) is 5.91 Å². The average Bonchev–Trinajstić information content (AvgIpc) is 3.55. The van der Waals surface area contributed by atoms with Crippen molar-refractivity contribution in [3.8, 4) is 28.5 Å². The van der Waals surface area contributed by atoms with Crippen molar-refractivity contribution in [3.63, 3.8) is 0 Å². The molecule has 10 nitrogen and oxygen atoms in total. The van der Waals surface area contributed by atoms with Crippen molar-refractivity contribution in [2.45, 2.75) is 6.04 Å². The van der Waals surface area contributed by atoms with E-state index in [1.807, 2.05) is 35.2 Å². The molecule has 11 heteroatoms.